The lowest BCUT2D eigenvalue weighted by atomic mass is 10.0. The molecule has 4 aromatic heterocycles. The minimum absolute atomic E-state index is 0.0432. The van der Waals surface area contributed by atoms with Crippen LogP contribution >= 0.6 is 0 Å². The summed E-state index contributed by atoms with van der Waals surface area (Å²) in [5, 5.41) is 14.4. The van der Waals surface area contributed by atoms with E-state index in [1.54, 1.807) is 69.0 Å². The van der Waals surface area contributed by atoms with Crippen LogP contribution in [0.2, 0.25) is 0 Å². The molecule has 6 aromatic rings. The number of anilines is 4. The molecule has 0 aliphatic rings. The molecule has 0 spiro atoms. The van der Waals surface area contributed by atoms with E-state index in [9.17, 15) is 35.9 Å². The number of aromatic nitrogens is 6. The number of carbonyl (C=O) groups excluding carboxylic acids is 1. The molecule has 58 heavy (non-hydrogen) atoms. The van der Waals surface area contributed by atoms with Gasteiger partial charge in [-0.25, -0.2) is 19.9 Å². The van der Waals surface area contributed by atoms with Crippen LogP contribution in [0.1, 0.15) is 33.9 Å². The zero-order valence-electron chi connectivity index (χ0n) is 31.3. The Hall–Kier alpha value is -6.98. The number of nitrogens with zero attached hydrogens (tertiary/aromatic N) is 7. The van der Waals surface area contributed by atoms with Crippen LogP contribution in [0.4, 0.5) is 49.6 Å². The maximum absolute atomic E-state index is 12.9. The fraction of sp³-hybridized carbons (Fsp3) is 0.200. The molecule has 18 heteroatoms. The number of amides is 1. The van der Waals surface area contributed by atoms with Crippen LogP contribution in [0.15, 0.2) is 97.6 Å². The standard InChI is InChI=1S/C21H20F3N5O.C19H15F3N4O2/c1-13-8-15(14-4-5-16(26-12-14)11-19(30)29(2)3)10-17(9-13)27-20-25-7-6-18(28-20)21(22,23)24;1-11-6-13(12-2-3-14(24-10-12)9-17(27)28)8-15(7-11)25-18-23-5-4-16(26-18)19(20,21)22/h4-10,12H,11H2,1-3H3,(H,25,27,28);2-8,10H,9H2,1H3,(H,27,28)(H,23,25,26). The first-order valence-corrected chi connectivity index (χ1v) is 17.2. The van der Waals surface area contributed by atoms with Crippen molar-refractivity contribution in [3.63, 3.8) is 0 Å². The lowest BCUT2D eigenvalue weighted by Crippen LogP contribution is -2.23. The molecule has 6 rings (SSSR count). The molecule has 0 aliphatic heterocycles. The van der Waals surface area contributed by atoms with Gasteiger partial charge in [-0.3, -0.25) is 19.6 Å². The summed E-state index contributed by atoms with van der Waals surface area (Å²) in [6.07, 6.45) is -3.74. The van der Waals surface area contributed by atoms with Crippen molar-refractivity contribution in [1.29, 1.82) is 0 Å². The van der Waals surface area contributed by atoms with Crippen molar-refractivity contribution in [2.45, 2.75) is 39.0 Å². The van der Waals surface area contributed by atoms with Crippen molar-refractivity contribution in [2.75, 3.05) is 24.7 Å². The first kappa shape index (κ1) is 42.2. The second-order valence-corrected chi connectivity index (χ2v) is 13.1. The SMILES string of the molecule is Cc1cc(Nc2nccc(C(F)(F)F)n2)cc(-c2ccc(CC(=O)N(C)C)nc2)c1.Cc1cc(Nc2nccc(C(F)(F)F)n2)cc(-c2ccc(CC(=O)O)nc2)c1. The van der Waals surface area contributed by atoms with Crippen molar-refractivity contribution in [3.05, 3.63) is 131 Å². The summed E-state index contributed by atoms with van der Waals surface area (Å²) in [5.41, 5.74) is 5.01. The minimum atomic E-state index is -4.56. The molecule has 0 unspecified atom stereocenters. The van der Waals surface area contributed by atoms with Crippen molar-refractivity contribution >= 4 is 35.1 Å². The number of carboxylic acids is 1. The first-order valence-electron chi connectivity index (χ1n) is 17.2. The Balaban J connectivity index is 0.000000221. The zero-order valence-corrected chi connectivity index (χ0v) is 31.3. The highest BCUT2D eigenvalue weighted by atomic mass is 19.4. The van der Waals surface area contributed by atoms with E-state index in [1.165, 1.54) is 4.90 Å². The molecule has 4 heterocycles. The third-order valence-electron chi connectivity index (χ3n) is 8.04. The van der Waals surface area contributed by atoms with Gasteiger partial charge in [-0.1, -0.05) is 24.3 Å². The molecular formula is C40H35F6N9O3. The summed E-state index contributed by atoms with van der Waals surface area (Å²) in [7, 11) is 3.37. The Morgan fingerprint density at radius 3 is 1.40 bits per heavy atom. The predicted molar refractivity (Wildman–Crippen MR) is 203 cm³/mol. The van der Waals surface area contributed by atoms with Gasteiger partial charge >= 0.3 is 18.3 Å². The largest absolute Gasteiger partial charge is 0.481 e. The molecule has 0 radical (unpaired) electrons. The number of halogens is 6. The summed E-state index contributed by atoms with van der Waals surface area (Å²) < 4.78 is 77.0. The molecule has 0 saturated carbocycles. The molecule has 0 fully saturated rings. The highest BCUT2D eigenvalue weighted by Gasteiger charge is 2.33. The Morgan fingerprint density at radius 1 is 0.603 bits per heavy atom. The Bertz CT molecular complexity index is 2390. The van der Waals surface area contributed by atoms with Crippen molar-refractivity contribution in [2.24, 2.45) is 0 Å². The second-order valence-electron chi connectivity index (χ2n) is 13.1. The maximum atomic E-state index is 12.9. The van der Waals surface area contributed by atoms with Gasteiger partial charge in [0.15, 0.2) is 0 Å². The second kappa shape index (κ2) is 17.9. The van der Waals surface area contributed by atoms with Crippen LogP contribution in [0.5, 0.6) is 0 Å². The number of carbonyl (C=O) groups is 2. The summed E-state index contributed by atoms with van der Waals surface area (Å²) in [4.78, 5) is 47.2. The lowest BCUT2D eigenvalue weighted by molar-refractivity contribution is -0.141. The van der Waals surface area contributed by atoms with E-state index in [0.717, 1.165) is 57.9 Å². The molecule has 3 N–H and O–H groups in total. The van der Waals surface area contributed by atoms with Crippen LogP contribution in [-0.4, -0.2) is 65.9 Å². The average Bonchev–Trinajstić information content (AvgIpc) is 3.14. The molecule has 0 bridgehead atoms. The van der Waals surface area contributed by atoms with Crippen LogP contribution < -0.4 is 10.6 Å². The molecule has 0 atom stereocenters. The number of rotatable bonds is 10. The number of likely N-dealkylation sites (N-methyl/N-ethyl adjacent to an activating group) is 1. The van der Waals surface area contributed by atoms with Gasteiger partial charge in [0.2, 0.25) is 17.8 Å². The quantitative estimate of drug-likeness (QED) is 0.114. The van der Waals surface area contributed by atoms with Gasteiger partial charge in [-0.15, -0.1) is 0 Å². The predicted octanol–water partition coefficient (Wildman–Crippen LogP) is 8.48. The fourth-order valence-electron chi connectivity index (χ4n) is 5.32. The van der Waals surface area contributed by atoms with Crippen LogP contribution in [0.25, 0.3) is 22.3 Å². The number of hydrogen-bond acceptors (Lipinski definition) is 10. The van der Waals surface area contributed by atoms with Crippen molar-refractivity contribution in [1.82, 2.24) is 34.8 Å². The van der Waals surface area contributed by atoms with Gasteiger partial charge in [-0.05, 0) is 84.6 Å². The van der Waals surface area contributed by atoms with Crippen LogP contribution in [-0.2, 0) is 34.8 Å². The Morgan fingerprint density at radius 2 is 1.03 bits per heavy atom. The topological polar surface area (TPSA) is 159 Å². The van der Waals surface area contributed by atoms with Crippen molar-refractivity contribution < 1.29 is 41.0 Å². The average molecular weight is 804 g/mol. The van der Waals surface area contributed by atoms with Crippen molar-refractivity contribution in [3.8, 4) is 22.3 Å². The van der Waals surface area contributed by atoms with Gasteiger partial charge in [0.25, 0.3) is 0 Å². The van der Waals surface area contributed by atoms with Gasteiger partial charge in [0, 0.05) is 67.1 Å². The minimum Gasteiger partial charge on any atom is -0.481 e. The number of carboxylic acid groups (broad SMARTS) is 1. The number of nitrogens with one attached hydrogen (secondary N) is 2. The summed E-state index contributed by atoms with van der Waals surface area (Å²) in [6, 6.07) is 19.5. The normalized spacial score (nSPS) is 11.3. The highest BCUT2D eigenvalue weighted by Crippen LogP contribution is 2.31. The highest BCUT2D eigenvalue weighted by molar-refractivity contribution is 5.78. The molecule has 300 valence electrons. The van der Waals surface area contributed by atoms with E-state index in [0.29, 0.717) is 22.8 Å². The number of aryl methyl sites for hydroxylation is 2. The zero-order chi connectivity index (χ0) is 42.2. The van der Waals surface area contributed by atoms with E-state index in [4.69, 9.17) is 5.11 Å². The summed E-state index contributed by atoms with van der Waals surface area (Å²) >= 11 is 0. The Kier molecular flexibility index (Phi) is 13.0. The van der Waals surface area contributed by atoms with Gasteiger partial charge < -0.3 is 20.6 Å². The summed E-state index contributed by atoms with van der Waals surface area (Å²) in [5.74, 6) is -1.32. The summed E-state index contributed by atoms with van der Waals surface area (Å²) in [6.45, 7) is 3.72. The Labute approximate surface area is 328 Å². The molecular weight excluding hydrogens is 768 g/mol. The van der Waals surface area contributed by atoms with E-state index in [2.05, 4.69) is 40.5 Å². The van der Waals surface area contributed by atoms with E-state index in [1.807, 2.05) is 32.0 Å². The fourth-order valence-corrected chi connectivity index (χ4v) is 5.32. The lowest BCUT2D eigenvalue weighted by Gasteiger charge is -2.12. The third kappa shape index (κ3) is 12.0. The molecule has 2 aromatic carbocycles. The van der Waals surface area contributed by atoms with Gasteiger partial charge in [0.1, 0.15) is 11.4 Å². The maximum Gasteiger partial charge on any atom is 0.433 e. The van der Waals surface area contributed by atoms with Crippen LogP contribution in [0.3, 0.4) is 0 Å². The van der Waals surface area contributed by atoms with Gasteiger partial charge in [-0.2, -0.15) is 26.3 Å². The third-order valence-corrected chi connectivity index (χ3v) is 8.04. The number of hydrogen-bond donors (Lipinski definition) is 3. The smallest absolute Gasteiger partial charge is 0.433 e. The monoisotopic (exact) mass is 803 g/mol. The molecule has 1 amide bonds. The van der Waals surface area contributed by atoms with E-state index < -0.39 is 29.7 Å². The van der Waals surface area contributed by atoms with E-state index in [-0.39, 0.29) is 30.6 Å². The molecule has 0 aliphatic carbocycles. The first-order chi connectivity index (χ1) is 27.3. The van der Waals surface area contributed by atoms with E-state index >= 15 is 0 Å². The number of alkyl halides is 6. The molecule has 0 saturated heterocycles. The van der Waals surface area contributed by atoms with Crippen LogP contribution in [0, 0.1) is 13.8 Å². The number of benzene rings is 2. The molecule has 12 nitrogen and oxygen atoms in total. The number of aliphatic carboxylic acids is 1. The van der Waals surface area contributed by atoms with Gasteiger partial charge in [0.05, 0.1) is 18.5 Å². The number of pyridine rings is 2.